The average Bonchev–Trinajstić information content (AvgIpc) is 2.30. The molecule has 1 aliphatic carbocycles. The Morgan fingerprint density at radius 2 is 2.00 bits per heavy atom. The number of nitrogens with zero attached hydrogens (tertiary/aromatic N) is 1. The number of pyridine rings is 1. The van der Waals surface area contributed by atoms with Crippen molar-refractivity contribution in [2.45, 2.75) is 32.1 Å². The fourth-order valence-corrected chi connectivity index (χ4v) is 2.02. The van der Waals surface area contributed by atoms with E-state index in [0.29, 0.717) is 0 Å². The third-order valence-corrected chi connectivity index (χ3v) is 2.78. The summed E-state index contributed by atoms with van der Waals surface area (Å²) in [5.41, 5.74) is 2.51. The summed E-state index contributed by atoms with van der Waals surface area (Å²) in [6, 6.07) is 1.89. The van der Waals surface area contributed by atoms with Gasteiger partial charge in [0.05, 0.1) is 0 Å². The Balaban J connectivity index is 2.42. The Morgan fingerprint density at radius 1 is 1.17 bits per heavy atom. The van der Waals surface area contributed by atoms with Gasteiger partial charge in [-0.3, -0.25) is 4.98 Å². The molecule has 0 saturated carbocycles. The third-order valence-electron chi connectivity index (χ3n) is 2.43. The molecule has 64 valence electrons. The highest BCUT2D eigenvalue weighted by molar-refractivity contribution is 6.31. The summed E-state index contributed by atoms with van der Waals surface area (Å²) in [5.74, 6) is 0. The van der Waals surface area contributed by atoms with E-state index in [1.54, 1.807) is 0 Å². The van der Waals surface area contributed by atoms with Crippen LogP contribution < -0.4 is 0 Å². The number of aromatic nitrogens is 1. The van der Waals surface area contributed by atoms with Crippen molar-refractivity contribution in [2.24, 2.45) is 0 Å². The van der Waals surface area contributed by atoms with Gasteiger partial charge in [-0.2, -0.15) is 0 Å². The minimum absolute atomic E-state index is 0.905. The highest BCUT2D eigenvalue weighted by atomic mass is 35.5. The van der Waals surface area contributed by atoms with Crippen LogP contribution in [0, 0.1) is 0 Å². The topological polar surface area (TPSA) is 12.9 Å². The van der Waals surface area contributed by atoms with Crippen LogP contribution in [0.25, 0.3) is 0 Å². The van der Waals surface area contributed by atoms with Gasteiger partial charge in [-0.05, 0) is 37.3 Å². The fraction of sp³-hybridized carbons (Fsp3) is 0.500. The molecule has 0 spiro atoms. The zero-order valence-electron chi connectivity index (χ0n) is 7.02. The van der Waals surface area contributed by atoms with E-state index in [1.165, 1.54) is 30.5 Å². The molecular formula is C10H12ClN. The first-order valence-electron chi connectivity index (χ1n) is 4.50. The number of rotatable bonds is 0. The largest absolute Gasteiger partial charge is 0.261 e. The van der Waals surface area contributed by atoms with E-state index in [2.05, 4.69) is 4.98 Å². The van der Waals surface area contributed by atoms with Crippen LogP contribution >= 0.6 is 11.6 Å². The Hall–Kier alpha value is -0.560. The van der Waals surface area contributed by atoms with Crippen molar-refractivity contribution in [1.82, 2.24) is 4.98 Å². The molecule has 1 aromatic heterocycles. The quantitative estimate of drug-likeness (QED) is 0.561. The number of hydrogen-bond acceptors (Lipinski definition) is 1. The maximum Gasteiger partial charge on any atom is 0.0471 e. The second kappa shape index (κ2) is 3.44. The summed E-state index contributed by atoms with van der Waals surface area (Å²) in [5, 5.41) is 0.905. The number of fused-ring (bicyclic) bond motifs is 1. The van der Waals surface area contributed by atoms with E-state index in [4.69, 9.17) is 11.6 Å². The van der Waals surface area contributed by atoms with Crippen molar-refractivity contribution < 1.29 is 0 Å². The summed E-state index contributed by atoms with van der Waals surface area (Å²) in [6.45, 7) is 0. The van der Waals surface area contributed by atoms with Gasteiger partial charge in [-0.25, -0.2) is 0 Å². The van der Waals surface area contributed by atoms with E-state index >= 15 is 0 Å². The normalized spacial score (nSPS) is 16.8. The summed E-state index contributed by atoms with van der Waals surface area (Å²) < 4.78 is 0. The van der Waals surface area contributed by atoms with Crippen LogP contribution in [0.3, 0.4) is 0 Å². The van der Waals surface area contributed by atoms with Crippen molar-refractivity contribution in [3.8, 4) is 0 Å². The zero-order chi connectivity index (χ0) is 8.39. The summed E-state index contributed by atoms with van der Waals surface area (Å²) in [6.07, 6.45) is 7.87. The van der Waals surface area contributed by atoms with E-state index < -0.39 is 0 Å². The van der Waals surface area contributed by atoms with Gasteiger partial charge < -0.3 is 0 Å². The van der Waals surface area contributed by atoms with Gasteiger partial charge >= 0.3 is 0 Å². The number of halogens is 1. The lowest BCUT2D eigenvalue weighted by Gasteiger charge is -2.04. The van der Waals surface area contributed by atoms with Gasteiger partial charge in [0, 0.05) is 16.9 Å². The first-order chi connectivity index (χ1) is 5.88. The van der Waals surface area contributed by atoms with Crippen LogP contribution in [0.15, 0.2) is 12.3 Å². The van der Waals surface area contributed by atoms with Crippen LogP contribution in [0.4, 0.5) is 0 Å². The summed E-state index contributed by atoms with van der Waals surface area (Å²) >= 11 is 6.07. The molecule has 0 radical (unpaired) electrons. The Labute approximate surface area is 77.8 Å². The summed E-state index contributed by atoms with van der Waals surface area (Å²) in [7, 11) is 0. The van der Waals surface area contributed by atoms with E-state index in [-0.39, 0.29) is 0 Å². The molecule has 2 heteroatoms. The lowest BCUT2D eigenvalue weighted by atomic mass is 10.1. The lowest BCUT2D eigenvalue weighted by molar-refractivity contribution is 0.708. The molecular weight excluding hydrogens is 170 g/mol. The highest BCUT2D eigenvalue weighted by Gasteiger charge is 2.11. The van der Waals surface area contributed by atoms with E-state index in [1.807, 2.05) is 12.3 Å². The minimum atomic E-state index is 0.905. The van der Waals surface area contributed by atoms with E-state index in [9.17, 15) is 0 Å². The van der Waals surface area contributed by atoms with Crippen LogP contribution in [0.5, 0.6) is 0 Å². The van der Waals surface area contributed by atoms with Crippen molar-refractivity contribution in [1.29, 1.82) is 0 Å². The average molecular weight is 182 g/mol. The SMILES string of the molecule is Clc1ccnc2c1CCCCC2. The fourth-order valence-electron chi connectivity index (χ4n) is 1.76. The predicted octanol–water partition coefficient (Wildman–Crippen LogP) is 3.00. The first-order valence-corrected chi connectivity index (χ1v) is 4.88. The number of aryl methyl sites for hydroxylation is 1. The third kappa shape index (κ3) is 1.46. The van der Waals surface area contributed by atoms with Crippen LogP contribution in [-0.2, 0) is 12.8 Å². The van der Waals surface area contributed by atoms with Crippen LogP contribution in [0.1, 0.15) is 30.5 Å². The lowest BCUT2D eigenvalue weighted by Crippen LogP contribution is -1.94. The van der Waals surface area contributed by atoms with Gasteiger partial charge in [0.1, 0.15) is 0 Å². The van der Waals surface area contributed by atoms with Gasteiger partial charge in [-0.1, -0.05) is 18.0 Å². The molecule has 1 aromatic rings. The summed E-state index contributed by atoms with van der Waals surface area (Å²) in [4.78, 5) is 4.36. The molecule has 0 fully saturated rings. The van der Waals surface area contributed by atoms with Gasteiger partial charge in [0.25, 0.3) is 0 Å². The van der Waals surface area contributed by atoms with Gasteiger partial charge in [-0.15, -0.1) is 0 Å². The molecule has 0 unspecified atom stereocenters. The second-order valence-electron chi connectivity index (χ2n) is 3.28. The molecule has 1 heterocycles. The van der Waals surface area contributed by atoms with E-state index in [0.717, 1.165) is 17.9 Å². The molecule has 0 aliphatic heterocycles. The molecule has 0 atom stereocenters. The molecule has 0 amide bonds. The number of hydrogen-bond donors (Lipinski definition) is 0. The maximum absolute atomic E-state index is 6.07. The van der Waals surface area contributed by atoms with Crippen molar-refractivity contribution >= 4 is 11.6 Å². The molecule has 12 heavy (non-hydrogen) atoms. The predicted molar refractivity (Wildman–Crippen MR) is 50.5 cm³/mol. The second-order valence-corrected chi connectivity index (χ2v) is 3.69. The molecule has 1 aliphatic rings. The highest BCUT2D eigenvalue weighted by Crippen LogP contribution is 2.24. The molecule has 0 N–H and O–H groups in total. The van der Waals surface area contributed by atoms with Crippen LogP contribution in [-0.4, -0.2) is 4.98 Å². The molecule has 0 bridgehead atoms. The van der Waals surface area contributed by atoms with Crippen molar-refractivity contribution in [3.63, 3.8) is 0 Å². The maximum atomic E-state index is 6.07. The molecule has 1 nitrogen and oxygen atoms in total. The Bertz CT molecular complexity index is 283. The minimum Gasteiger partial charge on any atom is -0.261 e. The van der Waals surface area contributed by atoms with Crippen molar-refractivity contribution in [3.05, 3.63) is 28.5 Å². The van der Waals surface area contributed by atoms with Crippen LogP contribution in [0.2, 0.25) is 5.02 Å². The molecule has 0 aromatic carbocycles. The van der Waals surface area contributed by atoms with Gasteiger partial charge in [0.2, 0.25) is 0 Å². The molecule has 0 saturated heterocycles. The smallest absolute Gasteiger partial charge is 0.0471 e. The standard InChI is InChI=1S/C10H12ClN/c11-9-6-7-12-10-5-3-1-2-4-8(9)10/h6-7H,1-5H2. The Morgan fingerprint density at radius 3 is 2.92 bits per heavy atom. The monoisotopic (exact) mass is 181 g/mol. The zero-order valence-corrected chi connectivity index (χ0v) is 7.77. The Kier molecular flexibility index (Phi) is 2.31. The van der Waals surface area contributed by atoms with Crippen molar-refractivity contribution in [2.75, 3.05) is 0 Å². The molecule has 2 rings (SSSR count). The van der Waals surface area contributed by atoms with Gasteiger partial charge in [0.15, 0.2) is 0 Å². The first kappa shape index (κ1) is 8.06.